The Kier molecular flexibility index (Phi) is 3.97. The van der Waals surface area contributed by atoms with Crippen molar-refractivity contribution >= 4 is 16.5 Å². The maximum atomic E-state index is 4.65. The van der Waals surface area contributed by atoms with Crippen molar-refractivity contribution in [3.63, 3.8) is 0 Å². The zero-order chi connectivity index (χ0) is 10.5. The second kappa shape index (κ2) is 5.47. The number of anilines is 1. The van der Waals surface area contributed by atoms with Gasteiger partial charge in [-0.1, -0.05) is 6.92 Å². The number of thiazole rings is 1. The standard InChI is InChI=1S/C11H19N3S/c1-2-5-12-8-10-9-15-11(13-10)14-6-3-4-7-14/h9,12H,2-8H2,1H3. The third kappa shape index (κ3) is 2.92. The number of hydrogen-bond donors (Lipinski definition) is 1. The lowest BCUT2D eigenvalue weighted by Gasteiger charge is -2.12. The van der Waals surface area contributed by atoms with Crippen LogP contribution in [0.3, 0.4) is 0 Å². The molecule has 1 aromatic rings. The van der Waals surface area contributed by atoms with Crippen LogP contribution in [0.4, 0.5) is 5.13 Å². The minimum Gasteiger partial charge on any atom is -0.348 e. The Morgan fingerprint density at radius 2 is 2.27 bits per heavy atom. The average molecular weight is 225 g/mol. The molecule has 1 fully saturated rings. The molecular weight excluding hydrogens is 206 g/mol. The first-order valence-corrected chi connectivity index (χ1v) is 6.68. The summed E-state index contributed by atoms with van der Waals surface area (Å²) in [5.41, 5.74) is 1.19. The summed E-state index contributed by atoms with van der Waals surface area (Å²) >= 11 is 1.78. The summed E-state index contributed by atoms with van der Waals surface area (Å²) in [7, 11) is 0. The molecule has 0 saturated carbocycles. The van der Waals surface area contributed by atoms with Gasteiger partial charge in [-0.15, -0.1) is 11.3 Å². The van der Waals surface area contributed by atoms with Gasteiger partial charge >= 0.3 is 0 Å². The molecule has 0 atom stereocenters. The molecule has 84 valence electrons. The molecule has 0 radical (unpaired) electrons. The number of aromatic nitrogens is 1. The SMILES string of the molecule is CCCNCc1csc(N2CCCC2)n1. The average Bonchev–Trinajstić information content (AvgIpc) is 2.87. The lowest BCUT2D eigenvalue weighted by atomic mass is 10.4. The van der Waals surface area contributed by atoms with Crippen molar-refractivity contribution in [3.8, 4) is 0 Å². The zero-order valence-electron chi connectivity index (χ0n) is 9.33. The lowest BCUT2D eigenvalue weighted by Crippen LogP contribution is -2.18. The number of nitrogens with zero attached hydrogens (tertiary/aromatic N) is 2. The molecule has 0 amide bonds. The van der Waals surface area contributed by atoms with E-state index in [1.807, 2.05) is 0 Å². The lowest BCUT2D eigenvalue weighted by molar-refractivity contribution is 0.666. The van der Waals surface area contributed by atoms with Crippen LogP contribution in [-0.4, -0.2) is 24.6 Å². The molecule has 2 rings (SSSR count). The van der Waals surface area contributed by atoms with Crippen LogP contribution in [0.15, 0.2) is 5.38 Å². The van der Waals surface area contributed by atoms with Gasteiger partial charge in [0.15, 0.2) is 5.13 Å². The molecule has 0 aromatic carbocycles. The number of hydrogen-bond acceptors (Lipinski definition) is 4. The zero-order valence-corrected chi connectivity index (χ0v) is 10.1. The fourth-order valence-electron chi connectivity index (χ4n) is 1.82. The molecule has 1 aliphatic rings. The predicted octanol–water partition coefficient (Wildman–Crippen LogP) is 2.24. The van der Waals surface area contributed by atoms with E-state index in [-0.39, 0.29) is 0 Å². The Hall–Kier alpha value is -0.610. The highest BCUT2D eigenvalue weighted by molar-refractivity contribution is 7.13. The summed E-state index contributed by atoms with van der Waals surface area (Å²) in [6.45, 7) is 6.56. The molecule has 1 N–H and O–H groups in total. The van der Waals surface area contributed by atoms with E-state index >= 15 is 0 Å². The second-order valence-electron chi connectivity index (χ2n) is 3.99. The molecule has 1 saturated heterocycles. The Bertz CT molecular complexity index is 292. The van der Waals surface area contributed by atoms with E-state index in [1.165, 1.54) is 43.2 Å². The van der Waals surface area contributed by atoms with Crippen LogP contribution in [-0.2, 0) is 6.54 Å². The van der Waals surface area contributed by atoms with Crippen LogP contribution in [0.5, 0.6) is 0 Å². The van der Waals surface area contributed by atoms with E-state index in [0.29, 0.717) is 0 Å². The Labute approximate surface area is 95.5 Å². The van der Waals surface area contributed by atoms with Gasteiger partial charge in [-0.25, -0.2) is 4.98 Å². The highest BCUT2D eigenvalue weighted by atomic mass is 32.1. The van der Waals surface area contributed by atoms with E-state index in [0.717, 1.165) is 13.1 Å². The number of rotatable bonds is 5. The van der Waals surface area contributed by atoms with Crippen molar-refractivity contribution < 1.29 is 0 Å². The van der Waals surface area contributed by atoms with E-state index in [1.54, 1.807) is 11.3 Å². The maximum absolute atomic E-state index is 4.65. The van der Waals surface area contributed by atoms with Gasteiger partial charge in [-0.3, -0.25) is 0 Å². The van der Waals surface area contributed by atoms with E-state index in [9.17, 15) is 0 Å². The van der Waals surface area contributed by atoms with Gasteiger partial charge in [-0.05, 0) is 25.8 Å². The maximum Gasteiger partial charge on any atom is 0.185 e. The van der Waals surface area contributed by atoms with Gasteiger partial charge < -0.3 is 10.2 Å². The Balaban J connectivity index is 1.86. The second-order valence-corrected chi connectivity index (χ2v) is 4.83. The van der Waals surface area contributed by atoms with E-state index in [2.05, 4.69) is 27.5 Å². The van der Waals surface area contributed by atoms with Crippen LogP contribution in [0.2, 0.25) is 0 Å². The van der Waals surface area contributed by atoms with Crippen LogP contribution in [0.1, 0.15) is 31.9 Å². The van der Waals surface area contributed by atoms with Crippen LogP contribution < -0.4 is 10.2 Å². The normalized spacial score (nSPS) is 16.2. The summed E-state index contributed by atoms with van der Waals surface area (Å²) < 4.78 is 0. The molecule has 4 heteroatoms. The fraction of sp³-hybridized carbons (Fsp3) is 0.727. The Morgan fingerprint density at radius 1 is 1.47 bits per heavy atom. The van der Waals surface area contributed by atoms with E-state index in [4.69, 9.17) is 0 Å². The third-order valence-corrected chi connectivity index (χ3v) is 3.60. The van der Waals surface area contributed by atoms with Crippen molar-refractivity contribution in [2.24, 2.45) is 0 Å². The minimum atomic E-state index is 0.915. The first-order chi connectivity index (χ1) is 7.40. The van der Waals surface area contributed by atoms with Gasteiger partial charge in [0.2, 0.25) is 0 Å². The third-order valence-electron chi connectivity index (χ3n) is 2.65. The van der Waals surface area contributed by atoms with Crippen molar-refractivity contribution in [2.45, 2.75) is 32.7 Å². The molecule has 0 unspecified atom stereocenters. The molecule has 1 aliphatic heterocycles. The van der Waals surface area contributed by atoms with Crippen molar-refractivity contribution in [1.82, 2.24) is 10.3 Å². The highest BCUT2D eigenvalue weighted by Crippen LogP contribution is 2.24. The van der Waals surface area contributed by atoms with Gasteiger partial charge in [0.25, 0.3) is 0 Å². The minimum absolute atomic E-state index is 0.915. The van der Waals surface area contributed by atoms with Gasteiger partial charge in [0, 0.05) is 25.0 Å². The first kappa shape index (κ1) is 10.9. The first-order valence-electron chi connectivity index (χ1n) is 5.80. The van der Waals surface area contributed by atoms with Crippen LogP contribution in [0.25, 0.3) is 0 Å². The largest absolute Gasteiger partial charge is 0.348 e. The molecule has 15 heavy (non-hydrogen) atoms. The summed E-state index contributed by atoms with van der Waals surface area (Å²) in [5, 5.41) is 6.77. The molecule has 2 heterocycles. The fourth-order valence-corrected chi connectivity index (χ4v) is 2.70. The van der Waals surface area contributed by atoms with Gasteiger partial charge in [0.1, 0.15) is 0 Å². The quantitative estimate of drug-likeness (QED) is 0.779. The van der Waals surface area contributed by atoms with Crippen molar-refractivity contribution in [1.29, 1.82) is 0 Å². The smallest absolute Gasteiger partial charge is 0.185 e. The highest BCUT2D eigenvalue weighted by Gasteiger charge is 2.15. The van der Waals surface area contributed by atoms with Crippen LogP contribution >= 0.6 is 11.3 Å². The molecule has 1 aromatic heterocycles. The van der Waals surface area contributed by atoms with Crippen molar-refractivity contribution in [3.05, 3.63) is 11.1 Å². The topological polar surface area (TPSA) is 28.2 Å². The summed E-state index contributed by atoms with van der Waals surface area (Å²) in [6.07, 6.45) is 3.83. The summed E-state index contributed by atoms with van der Waals surface area (Å²) in [5.74, 6) is 0. The molecule has 3 nitrogen and oxygen atoms in total. The number of nitrogens with one attached hydrogen (secondary N) is 1. The van der Waals surface area contributed by atoms with Gasteiger partial charge in [-0.2, -0.15) is 0 Å². The molecule has 0 aliphatic carbocycles. The van der Waals surface area contributed by atoms with Gasteiger partial charge in [0.05, 0.1) is 5.69 Å². The Morgan fingerprint density at radius 3 is 3.00 bits per heavy atom. The predicted molar refractivity (Wildman–Crippen MR) is 65.6 cm³/mol. The molecular formula is C11H19N3S. The monoisotopic (exact) mass is 225 g/mol. The molecule has 0 spiro atoms. The summed E-state index contributed by atoms with van der Waals surface area (Å²) in [4.78, 5) is 7.04. The van der Waals surface area contributed by atoms with E-state index < -0.39 is 0 Å². The summed E-state index contributed by atoms with van der Waals surface area (Å²) in [6, 6.07) is 0. The molecule has 0 bridgehead atoms. The van der Waals surface area contributed by atoms with Crippen LogP contribution in [0, 0.1) is 0 Å². The van der Waals surface area contributed by atoms with Crippen molar-refractivity contribution in [2.75, 3.05) is 24.5 Å².